The van der Waals surface area contributed by atoms with Gasteiger partial charge in [0.15, 0.2) is 9.84 Å². The lowest BCUT2D eigenvalue weighted by Gasteiger charge is -2.34. The molecule has 7 nitrogen and oxygen atoms in total. The summed E-state index contributed by atoms with van der Waals surface area (Å²) in [6, 6.07) is -0.959. The Bertz CT molecular complexity index is 643. The van der Waals surface area contributed by atoms with E-state index in [0.717, 1.165) is 4.68 Å². The lowest BCUT2D eigenvalue weighted by molar-refractivity contribution is -0.149. The summed E-state index contributed by atoms with van der Waals surface area (Å²) in [6.07, 6.45) is -3.63. The van der Waals surface area contributed by atoms with Crippen molar-refractivity contribution in [3.63, 3.8) is 0 Å². The van der Waals surface area contributed by atoms with Crippen molar-refractivity contribution in [3.8, 4) is 0 Å². The number of nitrogens with zero attached hydrogens (tertiary/aromatic N) is 4. The first-order valence-electron chi connectivity index (χ1n) is 7.34. The molecule has 2 N–H and O–H groups in total. The van der Waals surface area contributed by atoms with E-state index in [1.54, 1.807) is 13.8 Å². The van der Waals surface area contributed by atoms with Crippen LogP contribution in [0, 0.1) is 5.92 Å². The molecule has 3 atom stereocenters. The van der Waals surface area contributed by atoms with Gasteiger partial charge in [0.1, 0.15) is 0 Å². The van der Waals surface area contributed by atoms with Crippen molar-refractivity contribution in [3.05, 3.63) is 5.82 Å². The highest BCUT2D eigenvalue weighted by Crippen LogP contribution is 2.36. The van der Waals surface area contributed by atoms with Crippen LogP contribution < -0.4 is 5.73 Å². The number of hydrogen-bond acceptors (Lipinski definition) is 6. The first kappa shape index (κ1) is 18.1. The molecule has 23 heavy (non-hydrogen) atoms. The smallest absolute Gasteiger partial charge is 0.327 e. The van der Waals surface area contributed by atoms with Gasteiger partial charge in [0.2, 0.25) is 0 Å². The summed E-state index contributed by atoms with van der Waals surface area (Å²) < 4.78 is 63.6. The van der Waals surface area contributed by atoms with Gasteiger partial charge in [-0.25, -0.2) is 13.1 Å². The van der Waals surface area contributed by atoms with Gasteiger partial charge < -0.3 is 5.73 Å². The highest BCUT2D eigenvalue weighted by Gasteiger charge is 2.42. The van der Waals surface area contributed by atoms with Crippen molar-refractivity contribution in [2.45, 2.75) is 56.6 Å². The largest absolute Gasteiger partial charge is 0.453 e. The number of alkyl halides is 3. The minimum Gasteiger partial charge on any atom is -0.327 e. The van der Waals surface area contributed by atoms with Crippen molar-refractivity contribution in [2.75, 3.05) is 5.75 Å². The Balaban J connectivity index is 2.20. The number of tetrazole rings is 1. The number of halogens is 3. The molecule has 1 saturated carbocycles. The summed E-state index contributed by atoms with van der Waals surface area (Å²) in [5, 5.41) is 9.04. The molecule has 0 spiro atoms. The van der Waals surface area contributed by atoms with Gasteiger partial charge in [0, 0.05) is 6.04 Å². The van der Waals surface area contributed by atoms with Crippen LogP contribution in [0.3, 0.4) is 0 Å². The Hall–Kier alpha value is -1.23. The van der Waals surface area contributed by atoms with Gasteiger partial charge in [-0.2, -0.15) is 13.2 Å². The fourth-order valence-corrected chi connectivity index (χ4v) is 4.16. The summed E-state index contributed by atoms with van der Waals surface area (Å²) in [6.45, 7) is 3.15. The van der Waals surface area contributed by atoms with Crippen molar-refractivity contribution < 1.29 is 21.6 Å². The monoisotopic (exact) mass is 355 g/mol. The van der Waals surface area contributed by atoms with Crippen LogP contribution in [0.1, 0.15) is 45.0 Å². The maximum atomic E-state index is 12.9. The highest BCUT2D eigenvalue weighted by molar-refractivity contribution is 7.91. The van der Waals surface area contributed by atoms with E-state index < -0.39 is 39.0 Å². The number of aromatic nitrogens is 4. The van der Waals surface area contributed by atoms with Gasteiger partial charge in [-0.15, -0.1) is 5.10 Å². The normalized spacial score (nSPS) is 26.7. The van der Waals surface area contributed by atoms with Crippen LogP contribution in [-0.4, -0.2) is 45.7 Å². The Labute approximate surface area is 132 Å². The van der Waals surface area contributed by atoms with E-state index in [0.29, 0.717) is 12.8 Å². The molecular weight excluding hydrogens is 335 g/mol. The van der Waals surface area contributed by atoms with Crippen molar-refractivity contribution >= 4 is 9.84 Å². The third kappa shape index (κ3) is 4.00. The van der Waals surface area contributed by atoms with Gasteiger partial charge in [-0.05, 0) is 49.5 Å². The number of rotatable bonds is 4. The van der Waals surface area contributed by atoms with Gasteiger partial charge in [0.05, 0.1) is 17.0 Å². The topological polar surface area (TPSA) is 104 Å². The van der Waals surface area contributed by atoms with E-state index in [1.807, 2.05) is 0 Å². The van der Waals surface area contributed by atoms with Crippen molar-refractivity contribution in [1.82, 2.24) is 20.2 Å². The van der Waals surface area contributed by atoms with Gasteiger partial charge in [0.25, 0.3) is 5.82 Å². The van der Waals surface area contributed by atoms with Crippen LogP contribution in [0.25, 0.3) is 0 Å². The third-order valence-corrected chi connectivity index (χ3v) is 6.60. The van der Waals surface area contributed by atoms with Gasteiger partial charge in [-0.1, -0.05) is 0 Å². The van der Waals surface area contributed by atoms with Crippen LogP contribution in [0.2, 0.25) is 0 Å². The Morgan fingerprint density at radius 3 is 2.57 bits per heavy atom. The molecule has 1 aromatic rings. The second-order valence-corrected chi connectivity index (χ2v) is 8.82. The molecule has 0 bridgehead atoms. The molecule has 0 amide bonds. The molecule has 0 aliphatic heterocycles. The predicted molar refractivity (Wildman–Crippen MR) is 76.1 cm³/mol. The molecule has 132 valence electrons. The van der Waals surface area contributed by atoms with Crippen LogP contribution in [0.5, 0.6) is 0 Å². The van der Waals surface area contributed by atoms with E-state index in [9.17, 15) is 21.6 Å². The molecule has 1 aromatic heterocycles. The molecule has 0 aromatic carbocycles. The molecule has 0 saturated heterocycles. The average Bonchev–Trinajstić information content (AvgIpc) is 2.90. The van der Waals surface area contributed by atoms with Crippen LogP contribution >= 0.6 is 0 Å². The summed E-state index contributed by atoms with van der Waals surface area (Å²) in [5.74, 6) is -1.71. The van der Waals surface area contributed by atoms with E-state index >= 15 is 0 Å². The minimum atomic E-state index is -4.65. The maximum absolute atomic E-state index is 12.9. The van der Waals surface area contributed by atoms with E-state index in [2.05, 4.69) is 15.5 Å². The summed E-state index contributed by atoms with van der Waals surface area (Å²) in [7, 11) is -3.32. The zero-order chi connectivity index (χ0) is 17.4. The fraction of sp³-hybridized carbons (Fsp3) is 0.917. The van der Waals surface area contributed by atoms with Crippen molar-refractivity contribution in [2.24, 2.45) is 11.7 Å². The zero-order valence-corrected chi connectivity index (χ0v) is 13.7. The molecule has 11 heteroatoms. The van der Waals surface area contributed by atoms with Gasteiger partial charge >= 0.3 is 6.18 Å². The molecule has 2 rings (SSSR count). The quantitative estimate of drug-likeness (QED) is 0.870. The minimum absolute atomic E-state index is 0.133. The fourth-order valence-electron chi connectivity index (χ4n) is 2.79. The van der Waals surface area contributed by atoms with Crippen LogP contribution in [0.15, 0.2) is 0 Å². The van der Waals surface area contributed by atoms with E-state index in [4.69, 9.17) is 5.73 Å². The second-order valence-electron chi connectivity index (χ2n) is 6.21. The standard InChI is InChI=1S/C12H20F3N5O2S/c1-7(2)23(21,22)6-8-5-9(3-4-10(8)16)20-11(12(13,14)15)17-18-19-20/h7-10H,3-6,16H2,1-2H3/t8-,9-,10+/m1/s1. The van der Waals surface area contributed by atoms with E-state index in [-0.39, 0.29) is 18.2 Å². The Morgan fingerprint density at radius 2 is 2.00 bits per heavy atom. The summed E-state index contributed by atoms with van der Waals surface area (Å²) in [4.78, 5) is 0. The van der Waals surface area contributed by atoms with Gasteiger partial charge in [-0.3, -0.25) is 0 Å². The summed E-state index contributed by atoms with van der Waals surface area (Å²) >= 11 is 0. The number of hydrogen-bond donors (Lipinski definition) is 1. The molecule has 0 radical (unpaired) electrons. The SMILES string of the molecule is CC(C)S(=O)(=O)C[C@H]1C[C@H](n2nnnc2C(F)(F)F)CC[C@@H]1N. The molecule has 0 unspecified atom stereocenters. The predicted octanol–water partition coefficient (Wildman–Crippen LogP) is 1.18. The second kappa shape index (κ2) is 6.34. The summed E-state index contributed by atoms with van der Waals surface area (Å²) in [5.41, 5.74) is 5.98. The molecule has 1 fully saturated rings. The van der Waals surface area contributed by atoms with E-state index in [1.165, 1.54) is 0 Å². The molecule has 1 aliphatic rings. The first-order chi connectivity index (χ1) is 10.5. The molecule has 1 aliphatic carbocycles. The lowest BCUT2D eigenvalue weighted by atomic mass is 9.83. The molecular formula is C12H20F3N5O2S. The number of nitrogens with two attached hydrogens (primary N) is 1. The van der Waals surface area contributed by atoms with Crippen LogP contribution in [0.4, 0.5) is 13.2 Å². The Kier molecular flexibility index (Phi) is 5.00. The highest BCUT2D eigenvalue weighted by atomic mass is 32.2. The van der Waals surface area contributed by atoms with Crippen LogP contribution in [-0.2, 0) is 16.0 Å². The average molecular weight is 355 g/mol. The zero-order valence-electron chi connectivity index (χ0n) is 12.9. The number of sulfone groups is 1. The lowest BCUT2D eigenvalue weighted by Crippen LogP contribution is -2.42. The first-order valence-corrected chi connectivity index (χ1v) is 9.06. The maximum Gasteiger partial charge on any atom is 0.453 e. The molecule has 1 heterocycles. The third-order valence-electron chi connectivity index (χ3n) is 4.27. The Morgan fingerprint density at radius 1 is 1.35 bits per heavy atom. The van der Waals surface area contributed by atoms with Crippen molar-refractivity contribution in [1.29, 1.82) is 0 Å².